The van der Waals surface area contributed by atoms with Crippen molar-refractivity contribution in [2.75, 3.05) is 0 Å². The summed E-state index contributed by atoms with van der Waals surface area (Å²) in [5.41, 5.74) is 1.10. The molecule has 0 bridgehead atoms. The molecule has 0 aromatic heterocycles. The van der Waals surface area contributed by atoms with E-state index in [0.29, 0.717) is 35.7 Å². The van der Waals surface area contributed by atoms with Crippen molar-refractivity contribution in [1.82, 2.24) is 0 Å². The van der Waals surface area contributed by atoms with E-state index in [1.54, 1.807) is 12.1 Å². The molecular weight excluding hydrogens is 427 g/mol. The number of hydrogen-bond donors (Lipinski definition) is 0. The Morgan fingerprint density at radius 2 is 1.62 bits per heavy atom. The maximum absolute atomic E-state index is 13.9. The van der Waals surface area contributed by atoms with Crippen LogP contribution in [0.25, 0.3) is 0 Å². The summed E-state index contributed by atoms with van der Waals surface area (Å²) in [6.07, 6.45) is 5.22. The Balaban J connectivity index is 1.36. The van der Waals surface area contributed by atoms with Gasteiger partial charge in [-0.15, -0.1) is 0 Å². The second kappa shape index (κ2) is 7.56. The number of ether oxygens (including phenoxy) is 1. The van der Waals surface area contributed by atoms with Crippen LogP contribution in [0.5, 0.6) is 5.75 Å². The average Bonchev–Trinajstić information content (AvgIpc) is 3.10. The lowest BCUT2D eigenvalue weighted by Gasteiger charge is -2.48. The zero-order valence-electron chi connectivity index (χ0n) is 17.6. The van der Waals surface area contributed by atoms with Gasteiger partial charge in [0.25, 0.3) is 0 Å². The Labute approximate surface area is 182 Å². The van der Waals surface area contributed by atoms with Gasteiger partial charge >= 0.3 is 0 Å². The van der Waals surface area contributed by atoms with Crippen molar-refractivity contribution in [3.63, 3.8) is 0 Å². The number of fused-ring (bicyclic) bond motifs is 5. The van der Waals surface area contributed by atoms with Crippen molar-refractivity contribution < 1.29 is 31.5 Å². The van der Waals surface area contributed by atoms with Crippen LogP contribution >= 0.6 is 0 Å². The molecule has 7 heteroatoms. The molecule has 5 rings (SSSR count). The van der Waals surface area contributed by atoms with Crippen molar-refractivity contribution in [2.45, 2.75) is 58.0 Å². The van der Waals surface area contributed by atoms with Gasteiger partial charge in [0.2, 0.25) is 5.82 Å². The van der Waals surface area contributed by atoms with Gasteiger partial charge in [0.15, 0.2) is 23.3 Å². The molecule has 4 atom stereocenters. The SMILES string of the molecule is C[C@]12CCC3c4ccc(OCc5c(F)c(F)c(F)c(F)c5F)cc4CCC3C1CCC2=O. The van der Waals surface area contributed by atoms with Gasteiger partial charge in [-0.1, -0.05) is 13.0 Å². The van der Waals surface area contributed by atoms with Gasteiger partial charge in [-0.25, -0.2) is 22.0 Å². The Morgan fingerprint density at radius 3 is 2.34 bits per heavy atom. The molecular formula is C25H23F5O2. The number of ketones is 1. The fourth-order valence-electron chi connectivity index (χ4n) is 6.35. The van der Waals surface area contributed by atoms with Gasteiger partial charge in [0.05, 0.1) is 5.56 Å². The Morgan fingerprint density at radius 1 is 0.938 bits per heavy atom. The molecule has 0 heterocycles. The third-order valence-electron chi connectivity index (χ3n) is 8.09. The predicted octanol–water partition coefficient (Wildman–Crippen LogP) is 6.39. The normalized spacial score (nSPS) is 28.8. The van der Waals surface area contributed by atoms with Gasteiger partial charge in [-0.2, -0.15) is 0 Å². The quantitative estimate of drug-likeness (QED) is 0.308. The molecule has 3 aliphatic rings. The van der Waals surface area contributed by atoms with Crippen molar-refractivity contribution in [3.05, 3.63) is 64.0 Å². The molecule has 0 radical (unpaired) electrons. The summed E-state index contributed by atoms with van der Waals surface area (Å²) >= 11 is 0. The smallest absolute Gasteiger partial charge is 0.200 e. The van der Waals surface area contributed by atoms with E-state index in [0.717, 1.165) is 37.7 Å². The molecule has 2 aromatic carbocycles. The second-order valence-corrected chi connectivity index (χ2v) is 9.53. The topological polar surface area (TPSA) is 26.3 Å². The van der Waals surface area contributed by atoms with Gasteiger partial charge in [-0.05, 0) is 73.1 Å². The first-order chi connectivity index (χ1) is 15.2. The molecule has 170 valence electrons. The molecule has 2 nitrogen and oxygen atoms in total. The molecule has 0 amide bonds. The zero-order valence-corrected chi connectivity index (χ0v) is 17.6. The number of carbonyl (C=O) groups is 1. The molecule has 0 saturated heterocycles. The van der Waals surface area contributed by atoms with Crippen LogP contribution in [0, 0.1) is 46.3 Å². The molecule has 2 aromatic rings. The lowest BCUT2D eigenvalue weighted by Crippen LogP contribution is -2.42. The Kier molecular flexibility index (Phi) is 5.06. The number of rotatable bonds is 3. The highest BCUT2D eigenvalue weighted by atomic mass is 19.2. The number of Topliss-reactive ketones (excluding diaryl/α,β-unsaturated/α-hetero) is 1. The van der Waals surface area contributed by atoms with Crippen LogP contribution in [-0.4, -0.2) is 5.78 Å². The number of halogens is 5. The van der Waals surface area contributed by atoms with E-state index in [1.165, 1.54) is 5.56 Å². The predicted molar refractivity (Wildman–Crippen MR) is 107 cm³/mol. The van der Waals surface area contributed by atoms with Crippen molar-refractivity contribution in [1.29, 1.82) is 0 Å². The molecule has 0 aliphatic heterocycles. The van der Waals surface area contributed by atoms with Gasteiger partial charge < -0.3 is 4.74 Å². The summed E-state index contributed by atoms with van der Waals surface area (Å²) in [5, 5.41) is 0. The minimum absolute atomic E-state index is 0.199. The van der Waals surface area contributed by atoms with E-state index >= 15 is 0 Å². The number of carbonyl (C=O) groups excluding carboxylic acids is 1. The molecule has 32 heavy (non-hydrogen) atoms. The van der Waals surface area contributed by atoms with E-state index in [9.17, 15) is 26.7 Å². The second-order valence-electron chi connectivity index (χ2n) is 9.53. The molecule has 0 N–H and O–H groups in total. The summed E-state index contributed by atoms with van der Waals surface area (Å²) in [6, 6.07) is 5.42. The lowest BCUT2D eigenvalue weighted by molar-refractivity contribution is -0.129. The maximum atomic E-state index is 13.9. The minimum atomic E-state index is -2.18. The Hall–Kier alpha value is -2.44. The maximum Gasteiger partial charge on any atom is 0.200 e. The third-order valence-corrected chi connectivity index (χ3v) is 8.09. The number of benzene rings is 2. The summed E-state index contributed by atoms with van der Waals surface area (Å²) < 4.78 is 73.3. The largest absolute Gasteiger partial charge is 0.489 e. The van der Waals surface area contributed by atoms with Crippen LogP contribution in [0.15, 0.2) is 18.2 Å². The molecule has 2 saturated carbocycles. The highest BCUT2D eigenvalue weighted by molar-refractivity contribution is 5.87. The van der Waals surface area contributed by atoms with Crippen LogP contribution in [0.3, 0.4) is 0 Å². The highest BCUT2D eigenvalue weighted by Gasteiger charge is 2.54. The third kappa shape index (κ3) is 3.07. The van der Waals surface area contributed by atoms with Crippen molar-refractivity contribution in [3.8, 4) is 5.75 Å². The Bertz CT molecular complexity index is 1080. The summed E-state index contributed by atoms with van der Waals surface area (Å²) in [6.45, 7) is 1.36. The number of aryl methyl sites for hydroxylation is 1. The first-order valence-corrected chi connectivity index (χ1v) is 11.0. The molecule has 0 spiro atoms. The summed E-state index contributed by atoms with van der Waals surface area (Å²) in [4.78, 5) is 12.5. The minimum Gasteiger partial charge on any atom is -0.489 e. The van der Waals surface area contributed by atoms with E-state index in [1.807, 2.05) is 6.07 Å². The van der Waals surface area contributed by atoms with Crippen molar-refractivity contribution >= 4 is 5.78 Å². The average molecular weight is 450 g/mol. The fourth-order valence-corrected chi connectivity index (χ4v) is 6.35. The summed E-state index contributed by atoms with van der Waals surface area (Å²) in [7, 11) is 0. The highest BCUT2D eigenvalue weighted by Crippen LogP contribution is 2.59. The van der Waals surface area contributed by atoms with Gasteiger partial charge in [0, 0.05) is 11.8 Å². The standard InChI is InChI=1S/C25H23F5O2/c1-25-9-8-15-14-5-3-13(10-12(14)2-4-16(15)18(25)6-7-19(25)31)32-11-17-20(26)22(28)24(30)23(29)21(17)27/h3,5,10,15-16,18H,2,4,6-9,11H2,1H3/t15?,16?,18?,25-/m0/s1. The van der Waals surface area contributed by atoms with Crippen LogP contribution in [-0.2, 0) is 17.8 Å². The molecule has 3 aliphatic carbocycles. The number of hydrogen-bond acceptors (Lipinski definition) is 2. The van der Waals surface area contributed by atoms with Gasteiger partial charge in [-0.3, -0.25) is 4.79 Å². The lowest BCUT2D eigenvalue weighted by atomic mass is 9.55. The molecule has 2 fully saturated rings. The van der Waals surface area contributed by atoms with E-state index < -0.39 is 41.3 Å². The molecule has 3 unspecified atom stereocenters. The van der Waals surface area contributed by atoms with E-state index in [2.05, 4.69) is 6.92 Å². The fraction of sp³-hybridized carbons (Fsp3) is 0.480. The van der Waals surface area contributed by atoms with Crippen molar-refractivity contribution in [2.24, 2.45) is 17.3 Å². The van der Waals surface area contributed by atoms with E-state index in [-0.39, 0.29) is 5.41 Å². The zero-order chi connectivity index (χ0) is 22.8. The van der Waals surface area contributed by atoms with Gasteiger partial charge in [0.1, 0.15) is 18.1 Å². The monoisotopic (exact) mass is 450 g/mol. The van der Waals surface area contributed by atoms with Crippen LogP contribution < -0.4 is 4.74 Å². The van der Waals surface area contributed by atoms with Crippen LogP contribution in [0.4, 0.5) is 22.0 Å². The first-order valence-electron chi connectivity index (χ1n) is 11.0. The van der Waals surface area contributed by atoms with Crippen LogP contribution in [0.1, 0.15) is 61.6 Å². The van der Waals surface area contributed by atoms with E-state index in [4.69, 9.17) is 4.74 Å². The summed E-state index contributed by atoms with van der Waals surface area (Å²) in [5.74, 6) is -7.93. The first kappa shape index (κ1) is 21.4. The van der Waals surface area contributed by atoms with Crippen LogP contribution in [0.2, 0.25) is 0 Å².